The van der Waals surface area contributed by atoms with Gasteiger partial charge in [0.25, 0.3) is 10.1 Å². The van der Waals surface area contributed by atoms with E-state index in [4.69, 9.17) is 24.1 Å². The van der Waals surface area contributed by atoms with Gasteiger partial charge in [0.1, 0.15) is 0 Å². The van der Waals surface area contributed by atoms with Gasteiger partial charge in [0.15, 0.2) is 10.8 Å². The number of rotatable bonds is 32. The molecular weight excluding hydrogens is 882 g/mol. The molecule has 0 atom stereocenters. The van der Waals surface area contributed by atoms with Crippen molar-refractivity contribution in [2.45, 2.75) is 167 Å². The molecule has 0 radical (unpaired) electrons. The number of aliphatic hydroxyl groups excluding tert-OH is 1. The molecule has 0 rings (SSSR count). The molecule has 0 fully saturated rings. The average molecular weight is 947 g/mol. The van der Waals surface area contributed by atoms with Crippen LogP contribution in [0, 0.1) is 10.8 Å². The monoisotopic (exact) mass is 946 g/mol. The molecule has 0 amide bonds. The van der Waals surface area contributed by atoms with Gasteiger partial charge in [-0.05, 0) is 79.1 Å². The first-order chi connectivity index (χ1) is 28.6. The lowest BCUT2D eigenvalue weighted by atomic mass is 9.77. The maximum absolute atomic E-state index is 13.3. The zero-order valence-corrected chi connectivity index (χ0v) is 36.9. The Balaban J connectivity index is 0. The lowest BCUT2D eigenvalue weighted by molar-refractivity contribution is -0.285. The van der Waals surface area contributed by atoms with Crippen LogP contribution in [0.2, 0.25) is 0 Å². The molecule has 12 nitrogen and oxygen atoms in total. The summed E-state index contributed by atoms with van der Waals surface area (Å²) in [6, 6.07) is 0. The number of aliphatic hydroxyl groups is 1. The molecule has 0 saturated heterocycles. The highest BCUT2D eigenvalue weighted by Gasteiger charge is 2.58. The van der Waals surface area contributed by atoms with Crippen molar-refractivity contribution in [3.63, 3.8) is 0 Å². The van der Waals surface area contributed by atoms with Gasteiger partial charge >= 0.3 is 48.1 Å². The molecule has 0 aromatic carbocycles. The van der Waals surface area contributed by atoms with E-state index < -0.39 is 108 Å². The van der Waals surface area contributed by atoms with Crippen molar-refractivity contribution in [1.82, 2.24) is 0 Å². The van der Waals surface area contributed by atoms with Crippen LogP contribution in [0.15, 0.2) is 0 Å². The number of alkyl halides is 10. The Morgan fingerprint density at radius 1 is 0.435 bits per heavy atom. The number of hydrogen-bond donors (Lipinski definition) is 1. The van der Waals surface area contributed by atoms with Crippen molar-refractivity contribution in [2.24, 2.45) is 10.8 Å². The standard InChI is InChI=1S/C20H33F5O7S.C19H31F5O5/c1-4-30-16(26)18(17(27)31-5-2,13-11-14-19(21,22)20(23,24)25)12-9-7-6-8-10-15-32-33(3,28)29;1-3-28-15(26)17(16(27)29-4-2,11-8-6-5-7-9-14-25)12-10-13-18(20,21)19(22,23)24/h4-15H2,1-3H3;25H,3-14H2,1-2H3. The third-order valence-electron chi connectivity index (χ3n) is 9.49. The average Bonchev–Trinajstić information content (AvgIpc) is 3.15. The smallest absolute Gasteiger partial charge is 0.453 e. The van der Waals surface area contributed by atoms with Gasteiger partial charge in [0.2, 0.25) is 0 Å². The summed E-state index contributed by atoms with van der Waals surface area (Å²) in [6.07, 6.45) is -10.9. The molecule has 0 spiro atoms. The molecule has 0 unspecified atom stereocenters. The molecule has 0 aliphatic heterocycles. The van der Waals surface area contributed by atoms with Crippen LogP contribution in [0.1, 0.15) is 143 Å². The van der Waals surface area contributed by atoms with Gasteiger partial charge in [-0.1, -0.05) is 51.4 Å². The van der Waals surface area contributed by atoms with Crippen LogP contribution in [0.3, 0.4) is 0 Å². The first kappa shape index (κ1) is 61.1. The fourth-order valence-corrected chi connectivity index (χ4v) is 6.58. The molecule has 62 heavy (non-hydrogen) atoms. The van der Waals surface area contributed by atoms with Gasteiger partial charge in [-0.2, -0.15) is 52.3 Å². The highest BCUT2D eigenvalue weighted by molar-refractivity contribution is 7.85. The van der Waals surface area contributed by atoms with E-state index in [1.165, 1.54) is 27.7 Å². The molecule has 0 saturated carbocycles. The van der Waals surface area contributed by atoms with Gasteiger partial charge < -0.3 is 24.1 Å². The Labute approximate surface area is 357 Å². The quantitative estimate of drug-likeness (QED) is 0.0170. The Kier molecular flexibility index (Phi) is 29.1. The van der Waals surface area contributed by atoms with Gasteiger partial charge in [-0.3, -0.25) is 23.4 Å². The topological polar surface area (TPSA) is 169 Å². The number of unbranched alkanes of at least 4 members (excludes halogenated alkanes) is 8. The third-order valence-corrected chi connectivity index (χ3v) is 10.1. The maximum Gasteiger partial charge on any atom is 0.453 e. The van der Waals surface area contributed by atoms with Gasteiger partial charge in [-0.25, -0.2) is 0 Å². The second-order valence-corrected chi connectivity index (χ2v) is 16.1. The highest BCUT2D eigenvalue weighted by atomic mass is 32.2. The summed E-state index contributed by atoms with van der Waals surface area (Å²) >= 11 is 0. The zero-order valence-electron chi connectivity index (χ0n) is 36.1. The van der Waals surface area contributed by atoms with Crippen LogP contribution < -0.4 is 0 Å². The van der Waals surface area contributed by atoms with Crippen molar-refractivity contribution in [1.29, 1.82) is 0 Å². The minimum atomic E-state index is -5.73. The van der Waals surface area contributed by atoms with E-state index in [-0.39, 0.29) is 58.9 Å². The number of hydrogen-bond acceptors (Lipinski definition) is 12. The van der Waals surface area contributed by atoms with E-state index in [0.29, 0.717) is 51.4 Å². The molecule has 0 heterocycles. The number of esters is 4. The summed E-state index contributed by atoms with van der Waals surface area (Å²) < 4.78 is 174. The summed E-state index contributed by atoms with van der Waals surface area (Å²) in [5, 5.41) is 8.77. The van der Waals surface area contributed by atoms with E-state index in [1.54, 1.807) is 0 Å². The Morgan fingerprint density at radius 2 is 0.710 bits per heavy atom. The molecular formula is C39H64F10O12S. The van der Waals surface area contributed by atoms with E-state index in [9.17, 15) is 71.5 Å². The molecule has 0 aromatic rings. The van der Waals surface area contributed by atoms with Crippen molar-refractivity contribution < 1.29 is 99.7 Å². The predicted octanol–water partition coefficient (Wildman–Crippen LogP) is 9.58. The fourth-order valence-electron chi connectivity index (χ4n) is 6.16. The predicted molar refractivity (Wildman–Crippen MR) is 204 cm³/mol. The van der Waals surface area contributed by atoms with E-state index in [1.807, 2.05) is 0 Å². The second-order valence-electron chi connectivity index (χ2n) is 14.4. The SMILES string of the molecule is CCOC(=O)C(CCCCCCCO)(CCCC(F)(F)C(F)(F)F)C(=O)OCC.CCOC(=O)C(CCCCCCCOS(C)(=O)=O)(CCCC(F)(F)C(F)(F)F)C(=O)OCC. The minimum Gasteiger partial charge on any atom is -0.465 e. The second kappa shape index (κ2) is 29.5. The molecule has 0 aromatic heterocycles. The largest absolute Gasteiger partial charge is 0.465 e. The number of halogens is 10. The van der Waals surface area contributed by atoms with Crippen LogP contribution in [-0.4, -0.2) is 107 Å². The molecule has 1 N–H and O–H groups in total. The van der Waals surface area contributed by atoms with Gasteiger partial charge in [0, 0.05) is 19.4 Å². The summed E-state index contributed by atoms with van der Waals surface area (Å²) in [4.78, 5) is 50.3. The van der Waals surface area contributed by atoms with Crippen molar-refractivity contribution in [3.05, 3.63) is 0 Å². The first-order valence-electron chi connectivity index (χ1n) is 20.6. The van der Waals surface area contributed by atoms with Gasteiger partial charge in [-0.15, -0.1) is 0 Å². The summed E-state index contributed by atoms with van der Waals surface area (Å²) in [7, 11) is -3.53. The highest BCUT2D eigenvalue weighted by Crippen LogP contribution is 2.43. The third kappa shape index (κ3) is 22.6. The number of carbonyl (C=O) groups excluding carboxylic acids is 4. The van der Waals surface area contributed by atoms with Crippen LogP contribution in [0.5, 0.6) is 0 Å². The zero-order chi connectivity index (χ0) is 48.3. The maximum atomic E-state index is 13.3. The van der Waals surface area contributed by atoms with E-state index in [2.05, 4.69) is 4.18 Å². The summed E-state index contributed by atoms with van der Waals surface area (Å²) in [5.74, 6) is -13.8. The van der Waals surface area contributed by atoms with E-state index in [0.717, 1.165) is 12.7 Å². The Hall–Kier alpha value is -2.95. The molecule has 368 valence electrons. The minimum absolute atomic E-state index is 0.0157. The van der Waals surface area contributed by atoms with Crippen molar-refractivity contribution in [2.75, 3.05) is 45.9 Å². The molecule has 23 heteroatoms. The summed E-state index contributed by atoms with van der Waals surface area (Å²) in [5.41, 5.74) is -3.89. The van der Waals surface area contributed by atoms with E-state index >= 15 is 0 Å². The summed E-state index contributed by atoms with van der Waals surface area (Å²) in [6.45, 7) is 5.64. The van der Waals surface area contributed by atoms with Crippen LogP contribution in [0.4, 0.5) is 43.9 Å². The van der Waals surface area contributed by atoms with Crippen molar-refractivity contribution in [3.8, 4) is 0 Å². The van der Waals surface area contributed by atoms with Gasteiger partial charge in [0.05, 0.1) is 39.3 Å². The van der Waals surface area contributed by atoms with Crippen LogP contribution in [0.25, 0.3) is 0 Å². The first-order valence-corrected chi connectivity index (χ1v) is 22.5. The normalized spacial score (nSPS) is 12.9. The molecule has 0 aliphatic rings. The van der Waals surface area contributed by atoms with Crippen LogP contribution in [-0.2, 0) is 52.4 Å². The van der Waals surface area contributed by atoms with Crippen molar-refractivity contribution >= 4 is 34.0 Å². The fraction of sp³-hybridized carbons (Fsp3) is 0.897. The Bertz CT molecular complexity index is 1370. The number of ether oxygens (including phenoxy) is 4. The van der Waals surface area contributed by atoms with Crippen LogP contribution >= 0.6 is 0 Å². The molecule has 0 aliphatic carbocycles. The molecule has 0 bridgehead atoms. The lowest BCUT2D eigenvalue weighted by Gasteiger charge is -2.30. The lowest BCUT2D eigenvalue weighted by Crippen LogP contribution is -2.43. The number of carbonyl (C=O) groups is 4. The Morgan fingerprint density at radius 3 is 0.984 bits per heavy atom.